The Morgan fingerprint density at radius 1 is 1.17 bits per heavy atom. The first kappa shape index (κ1) is 4.35. The summed E-state index contributed by atoms with van der Waals surface area (Å²) >= 11 is 1.60. The summed E-state index contributed by atoms with van der Waals surface area (Å²) < 4.78 is 4.50. The average Bonchev–Trinajstić information content (AvgIpc) is 2.17. The fourth-order valence-electron chi connectivity index (χ4n) is 0.639. The molecule has 0 aromatic carbocycles. The van der Waals surface area contributed by atoms with Gasteiger partial charge in [-0.2, -0.15) is 0 Å². The summed E-state index contributed by atoms with van der Waals surface area (Å²) in [4.78, 5) is 0. The maximum absolute atomic E-state index is 1.76. The van der Waals surface area contributed by atoms with Crippen LogP contribution in [-0.2, 0) is 0 Å². The molecule has 2 rings (SSSR count). The summed E-state index contributed by atoms with van der Waals surface area (Å²) in [5.41, 5.74) is 0. The van der Waals surface area contributed by atoms with Crippen LogP contribution in [0.5, 0.6) is 0 Å². The molecule has 0 amide bonds. The summed E-state index contributed by atoms with van der Waals surface area (Å²) in [6.07, 6.45) is 1.68. The van der Waals surface area contributed by atoms with E-state index < -0.39 is 0 Å². The van der Waals surface area contributed by atoms with E-state index in [-0.39, 0.29) is 0 Å². The number of hydrogen-bond donors (Lipinski definition) is 0. The molecule has 2 fully saturated rings. The Morgan fingerprint density at radius 3 is 2.00 bits per heavy atom. The van der Waals surface area contributed by atoms with Gasteiger partial charge in [0.15, 0.2) is 0 Å². The molecule has 0 aromatic heterocycles. The van der Waals surface area contributed by atoms with Crippen LogP contribution in [0.3, 0.4) is 0 Å². The third-order valence-corrected chi connectivity index (χ3v) is 12.7. The second-order valence-corrected chi connectivity index (χ2v) is 11.1. The first-order chi connectivity index (χ1) is 2.97. The molecule has 2 aliphatic rings. The van der Waals surface area contributed by atoms with Gasteiger partial charge in [0.1, 0.15) is 0 Å². The minimum absolute atomic E-state index is 0.802. The Balaban J connectivity index is 2.09. The zero-order chi connectivity index (χ0) is 3.98. The second-order valence-electron chi connectivity index (χ2n) is 1.68. The summed E-state index contributed by atoms with van der Waals surface area (Å²) in [5.74, 6) is 0. The number of rotatable bonds is 0. The molecule has 2 atom stereocenters. The van der Waals surface area contributed by atoms with Gasteiger partial charge in [-0.15, -0.1) is 0 Å². The second kappa shape index (κ2) is 1.47. The van der Waals surface area contributed by atoms with Crippen molar-refractivity contribution in [2.24, 2.45) is 0 Å². The Morgan fingerprint density at radius 2 is 1.83 bits per heavy atom. The van der Waals surface area contributed by atoms with Crippen molar-refractivity contribution < 1.29 is 42.4 Å². The Bertz CT molecular complexity index is 63.9. The zero-order valence-electron chi connectivity index (χ0n) is 3.32. The Labute approximate surface area is 58.6 Å². The molecule has 6 heavy (non-hydrogen) atoms. The topological polar surface area (TPSA) is 0 Å². The van der Waals surface area contributed by atoms with Crippen molar-refractivity contribution in [1.29, 1.82) is 0 Å². The number of hydrogen-bond acceptors (Lipinski definition) is 0. The summed E-state index contributed by atoms with van der Waals surface area (Å²) in [5, 5.41) is 0. The van der Waals surface area contributed by atoms with Gasteiger partial charge in [-0.3, -0.25) is 0 Å². The molecule has 0 nitrogen and oxygen atoms in total. The van der Waals surface area contributed by atoms with Crippen molar-refractivity contribution in [3.05, 3.63) is 0 Å². The summed E-state index contributed by atoms with van der Waals surface area (Å²) in [6.45, 7) is 0. The van der Waals surface area contributed by atoms with Crippen LogP contribution in [0.4, 0.5) is 0 Å². The van der Waals surface area contributed by atoms with E-state index in [4.69, 9.17) is 0 Å². The van der Waals surface area contributed by atoms with E-state index in [9.17, 15) is 0 Å². The molecule has 0 N–H and O–H groups in total. The number of fused-ring (bicyclic) bond motifs is 1. The van der Waals surface area contributed by atoms with Gasteiger partial charge in [-0.05, 0) is 0 Å². The van der Waals surface area contributed by atoms with Crippen LogP contribution in [-0.4, -0.2) is 10.3 Å². The van der Waals surface area contributed by atoms with Gasteiger partial charge >= 0.3 is 59.1 Å². The first-order valence-corrected chi connectivity index (χ1v) is 7.66. The molecular formula is C4H6I2-2. The van der Waals surface area contributed by atoms with E-state index in [2.05, 4.69) is 0 Å². The van der Waals surface area contributed by atoms with Gasteiger partial charge in [-0.25, -0.2) is 0 Å². The standard InChI is InChI=1S/C4H6I2/c1-3-4(1)6-2-5-3/h3-4H,1-2H2/q-2. The quantitative estimate of drug-likeness (QED) is 0.309. The van der Waals surface area contributed by atoms with Crippen molar-refractivity contribution in [2.75, 3.05) is 2.43 Å². The monoisotopic (exact) mass is 308 g/mol. The SMILES string of the molecule is C1[I-]C2CC2[I-]1. The molecular weight excluding hydrogens is 302 g/mol. The Hall–Kier alpha value is 1.46. The minimum atomic E-state index is 0.802. The fraction of sp³-hybridized carbons (Fsp3) is 1.00. The first-order valence-electron chi connectivity index (χ1n) is 2.12. The maximum atomic E-state index is 1.76. The third-order valence-electron chi connectivity index (χ3n) is 1.15. The molecule has 1 aliphatic carbocycles. The van der Waals surface area contributed by atoms with Gasteiger partial charge in [0, 0.05) is 0 Å². The molecule has 1 saturated heterocycles. The summed E-state index contributed by atoms with van der Waals surface area (Å²) in [7, 11) is 0. The van der Waals surface area contributed by atoms with Crippen LogP contribution < -0.4 is 42.4 Å². The van der Waals surface area contributed by atoms with Gasteiger partial charge in [0.2, 0.25) is 0 Å². The van der Waals surface area contributed by atoms with E-state index in [0.29, 0.717) is 0 Å². The normalized spacial score (nSPS) is 54.7. The van der Waals surface area contributed by atoms with Crippen molar-refractivity contribution in [3.63, 3.8) is 0 Å². The van der Waals surface area contributed by atoms with Crippen LogP contribution in [0, 0.1) is 0 Å². The molecule has 2 heteroatoms. The van der Waals surface area contributed by atoms with E-state index in [1.807, 2.05) is 0 Å². The van der Waals surface area contributed by atoms with Crippen LogP contribution in [0.25, 0.3) is 0 Å². The predicted octanol–water partition coefficient (Wildman–Crippen LogP) is -5.72. The molecule has 0 radical (unpaired) electrons. The van der Waals surface area contributed by atoms with Crippen LogP contribution in [0.1, 0.15) is 6.42 Å². The molecule has 2 unspecified atom stereocenters. The molecule has 0 bridgehead atoms. The van der Waals surface area contributed by atoms with Gasteiger partial charge in [0.05, 0.1) is 0 Å². The molecule has 1 saturated carbocycles. The van der Waals surface area contributed by atoms with E-state index >= 15 is 0 Å². The van der Waals surface area contributed by atoms with Crippen molar-refractivity contribution in [3.8, 4) is 0 Å². The van der Waals surface area contributed by atoms with Crippen molar-refractivity contribution in [2.45, 2.75) is 14.3 Å². The molecule has 1 heterocycles. The molecule has 1 aliphatic heterocycles. The number of alkyl halides is 4. The number of halogens is 2. The Kier molecular flexibility index (Phi) is 1.06. The molecule has 0 aromatic rings. The van der Waals surface area contributed by atoms with Gasteiger partial charge < -0.3 is 0 Å². The van der Waals surface area contributed by atoms with Crippen molar-refractivity contribution in [1.82, 2.24) is 0 Å². The van der Waals surface area contributed by atoms with Gasteiger partial charge in [-0.1, -0.05) is 0 Å². The van der Waals surface area contributed by atoms with E-state index in [1.165, 1.54) is 7.85 Å². The van der Waals surface area contributed by atoms with Crippen LogP contribution in [0.2, 0.25) is 0 Å². The molecule has 38 valence electrons. The van der Waals surface area contributed by atoms with Gasteiger partial charge in [0.25, 0.3) is 0 Å². The predicted molar refractivity (Wildman–Crippen MR) is 17.1 cm³/mol. The van der Waals surface area contributed by atoms with Crippen LogP contribution >= 0.6 is 0 Å². The van der Waals surface area contributed by atoms with E-state index in [0.717, 1.165) is 42.4 Å². The van der Waals surface area contributed by atoms with Crippen LogP contribution in [0.15, 0.2) is 0 Å². The third kappa shape index (κ3) is 0.599. The van der Waals surface area contributed by atoms with E-state index in [1.54, 1.807) is 8.86 Å². The summed E-state index contributed by atoms with van der Waals surface area (Å²) in [6, 6.07) is 0. The average molecular weight is 308 g/mol. The van der Waals surface area contributed by atoms with Crippen molar-refractivity contribution >= 4 is 0 Å². The fourth-order valence-corrected chi connectivity index (χ4v) is 15.2. The molecule has 0 spiro atoms. The zero-order valence-corrected chi connectivity index (χ0v) is 7.64.